The molecule has 2 heterocycles. The van der Waals surface area contributed by atoms with E-state index in [1.54, 1.807) is 11.5 Å². The van der Waals surface area contributed by atoms with Gasteiger partial charge in [-0.15, -0.1) is 0 Å². The molecule has 0 bridgehead atoms. The van der Waals surface area contributed by atoms with Gasteiger partial charge in [-0.05, 0) is 24.5 Å². The predicted molar refractivity (Wildman–Crippen MR) is 46.7 cm³/mol. The number of rotatable bonds is 1. The third kappa shape index (κ3) is 1.34. The van der Waals surface area contributed by atoms with Gasteiger partial charge in [0.1, 0.15) is 0 Å². The first-order valence-electron chi connectivity index (χ1n) is 3.69. The lowest BCUT2D eigenvalue weighted by Gasteiger charge is -2.03. The van der Waals surface area contributed by atoms with E-state index in [0.717, 1.165) is 12.2 Å². The molecule has 0 radical (unpaired) electrons. The van der Waals surface area contributed by atoms with Crippen molar-refractivity contribution in [1.82, 2.24) is 9.69 Å². The number of hydrogen-bond donors (Lipinski definition) is 1. The topological polar surface area (TPSA) is 24.9 Å². The molecule has 1 aromatic heterocycles. The normalized spacial score (nSPS) is 22.8. The maximum absolute atomic E-state index is 4.23. The SMILES string of the molecule is Cc1cc(C2C=CCN2)sn1. The van der Waals surface area contributed by atoms with Gasteiger partial charge in [0.2, 0.25) is 0 Å². The number of hydrogen-bond acceptors (Lipinski definition) is 3. The van der Waals surface area contributed by atoms with Crippen LogP contribution in [-0.4, -0.2) is 10.9 Å². The van der Waals surface area contributed by atoms with Crippen molar-refractivity contribution >= 4 is 11.5 Å². The smallest absolute Gasteiger partial charge is 0.0619 e. The van der Waals surface area contributed by atoms with Gasteiger partial charge in [-0.25, -0.2) is 0 Å². The molecule has 1 unspecified atom stereocenters. The van der Waals surface area contributed by atoms with E-state index in [9.17, 15) is 0 Å². The van der Waals surface area contributed by atoms with Crippen molar-refractivity contribution < 1.29 is 0 Å². The molecule has 1 aliphatic heterocycles. The Bertz CT molecular complexity index is 277. The van der Waals surface area contributed by atoms with Gasteiger partial charge in [-0.1, -0.05) is 12.2 Å². The predicted octanol–water partition coefficient (Wildman–Crippen LogP) is 1.65. The highest BCUT2D eigenvalue weighted by Crippen LogP contribution is 2.21. The number of nitrogens with one attached hydrogen (secondary N) is 1. The summed E-state index contributed by atoms with van der Waals surface area (Å²) in [5.74, 6) is 0. The first-order valence-corrected chi connectivity index (χ1v) is 4.47. The van der Waals surface area contributed by atoms with Gasteiger partial charge in [0.15, 0.2) is 0 Å². The molecule has 1 aromatic rings. The summed E-state index contributed by atoms with van der Waals surface area (Å²) in [5, 5.41) is 3.35. The summed E-state index contributed by atoms with van der Waals surface area (Å²) in [6.45, 7) is 3.01. The Labute approximate surface area is 70.1 Å². The van der Waals surface area contributed by atoms with Crippen molar-refractivity contribution in [2.24, 2.45) is 0 Å². The summed E-state index contributed by atoms with van der Waals surface area (Å²) in [6, 6.07) is 2.55. The van der Waals surface area contributed by atoms with E-state index in [1.807, 2.05) is 6.92 Å². The molecule has 11 heavy (non-hydrogen) atoms. The fourth-order valence-corrected chi connectivity index (χ4v) is 1.99. The van der Waals surface area contributed by atoms with Crippen LogP contribution in [0.25, 0.3) is 0 Å². The standard InChI is InChI=1S/C8H10N2S/c1-6-5-8(11-10-6)7-3-2-4-9-7/h2-3,5,7,9H,4H2,1H3. The minimum absolute atomic E-state index is 0.418. The number of nitrogens with zero attached hydrogens (tertiary/aromatic N) is 1. The van der Waals surface area contributed by atoms with Gasteiger partial charge in [0.05, 0.1) is 11.7 Å². The van der Waals surface area contributed by atoms with Gasteiger partial charge < -0.3 is 5.32 Å². The van der Waals surface area contributed by atoms with Crippen LogP contribution >= 0.6 is 11.5 Å². The van der Waals surface area contributed by atoms with Crippen LogP contribution < -0.4 is 5.32 Å². The molecule has 0 spiro atoms. The Balaban J connectivity index is 2.22. The zero-order chi connectivity index (χ0) is 7.68. The van der Waals surface area contributed by atoms with Crippen LogP contribution in [0.2, 0.25) is 0 Å². The van der Waals surface area contributed by atoms with Gasteiger partial charge in [-0.2, -0.15) is 4.37 Å². The summed E-state index contributed by atoms with van der Waals surface area (Å²) >= 11 is 1.58. The molecule has 58 valence electrons. The third-order valence-electron chi connectivity index (χ3n) is 1.74. The highest BCUT2D eigenvalue weighted by molar-refractivity contribution is 7.05. The van der Waals surface area contributed by atoms with Crippen LogP contribution in [0.4, 0.5) is 0 Å². The Morgan fingerprint density at radius 3 is 3.18 bits per heavy atom. The Kier molecular flexibility index (Phi) is 1.75. The van der Waals surface area contributed by atoms with E-state index in [0.29, 0.717) is 6.04 Å². The molecule has 2 nitrogen and oxygen atoms in total. The average molecular weight is 166 g/mol. The molecule has 0 aromatic carbocycles. The molecule has 0 saturated carbocycles. The largest absolute Gasteiger partial charge is 0.303 e. The van der Waals surface area contributed by atoms with Crippen molar-refractivity contribution in [3.05, 3.63) is 28.8 Å². The maximum atomic E-state index is 4.23. The second-order valence-electron chi connectivity index (χ2n) is 2.68. The first-order chi connectivity index (χ1) is 5.36. The monoisotopic (exact) mass is 166 g/mol. The lowest BCUT2D eigenvalue weighted by atomic mass is 10.2. The molecular formula is C8H10N2S. The highest BCUT2D eigenvalue weighted by Gasteiger charge is 2.12. The first kappa shape index (κ1) is 7.00. The highest BCUT2D eigenvalue weighted by atomic mass is 32.1. The van der Waals surface area contributed by atoms with Crippen LogP contribution in [0, 0.1) is 6.92 Å². The molecule has 2 rings (SSSR count). The molecule has 1 atom stereocenters. The van der Waals surface area contributed by atoms with Crippen molar-refractivity contribution in [2.45, 2.75) is 13.0 Å². The lowest BCUT2D eigenvalue weighted by Crippen LogP contribution is -2.12. The minimum Gasteiger partial charge on any atom is -0.303 e. The van der Waals surface area contributed by atoms with Gasteiger partial charge in [-0.3, -0.25) is 0 Å². The van der Waals surface area contributed by atoms with E-state index >= 15 is 0 Å². The van der Waals surface area contributed by atoms with E-state index in [-0.39, 0.29) is 0 Å². The summed E-state index contributed by atoms with van der Waals surface area (Å²) < 4.78 is 4.23. The fraction of sp³-hybridized carbons (Fsp3) is 0.375. The second-order valence-corrected chi connectivity index (χ2v) is 3.52. The van der Waals surface area contributed by atoms with Crippen LogP contribution in [0.15, 0.2) is 18.2 Å². The van der Waals surface area contributed by atoms with Gasteiger partial charge >= 0.3 is 0 Å². The Morgan fingerprint density at radius 2 is 2.64 bits per heavy atom. The molecule has 1 aliphatic rings. The molecule has 0 aliphatic carbocycles. The zero-order valence-electron chi connectivity index (χ0n) is 6.37. The summed E-state index contributed by atoms with van der Waals surface area (Å²) in [4.78, 5) is 1.32. The van der Waals surface area contributed by atoms with E-state index in [1.165, 1.54) is 4.88 Å². The van der Waals surface area contributed by atoms with E-state index < -0.39 is 0 Å². The van der Waals surface area contributed by atoms with Crippen LogP contribution in [0.3, 0.4) is 0 Å². The zero-order valence-corrected chi connectivity index (χ0v) is 7.19. The second kappa shape index (κ2) is 2.75. The van der Waals surface area contributed by atoms with Crippen molar-refractivity contribution in [3.63, 3.8) is 0 Å². The van der Waals surface area contributed by atoms with Gasteiger partial charge in [0, 0.05) is 11.4 Å². The quantitative estimate of drug-likeness (QED) is 0.642. The van der Waals surface area contributed by atoms with Gasteiger partial charge in [0.25, 0.3) is 0 Å². The van der Waals surface area contributed by atoms with Crippen molar-refractivity contribution in [1.29, 1.82) is 0 Å². The summed E-state index contributed by atoms with van der Waals surface area (Å²) in [7, 11) is 0. The van der Waals surface area contributed by atoms with Crippen molar-refractivity contribution in [2.75, 3.05) is 6.54 Å². The average Bonchev–Trinajstić information content (AvgIpc) is 2.55. The van der Waals surface area contributed by atoms with Crippen LogP contribution in [0.1, 0.15) is 16.6 Å². The lowest BCUT2D eigenvalue weighted by molar-refractivity contribution is 0.724. The third-order valence-corrected chi connectivity index (χ3v) is 2.70. The van der Waals surface area contributed by atoms with E-state index in [4.69, 9.17) is 0 Å². The molecule has 0 saturated heterocycles. The number of aryl methyl sites for hydroxylation is 1. The maximum Gasteiger partial charge on any atom is 0.0619 e. The molecule has 3 heteroatoms. The summed E-state index contributed by atoms with van der Waals surface area (Å²) in [6.07, 6.45) is 4.34. The van der Waals surface area contributed by atoms with Crippen LogP contribution in [-0.2, 0) is 0 Å². The molecular weight excluding hydrogens is 156 g/mol. The number of aromatic nitrogens is 1. The molecule has 1 N–H and O–H groups in total. The molecule has 0 amide bonds. The van der Waals surface area contributed by atoms with E-state index in [2.05, 4.69) is 27.9 Å². The van der Waals surface area contributed by atoms with Crippen molar-refractivity contribution in [3.8, 4) is 0 Å². The molecule has 0 fully saturated rings. The Hall–Kier alpha value is -0.670. The van der Waals surface area contributed by atoms with Crippen LogP contribution in [0.5, 0.6) is 0 Å². The fourth-order valence-electron chi connectivity index (χ4n) is 1.19. The Morgan fingerprint density at radius 1 is 1.73 bits per heavy atom. The minimum atomic E-state index is 0.418. The summed E-state index contributed by atoms with van der Waals surface area (Å²) in [5.41, 5.74) is 1.12.